The summed E-state index contributed by atoms with van der Waals surface area (Å²) in [5.41, 5.74) is 3.13. The van der Waals surface area contributed by atoms with Gasteiger partial charge in [0.1, 0.15) is 0 Å². The highest BCUT2D eigenvalue weighted by molar-refractivity contribution is 7.98. The summed E-state index contributed by atoms with van der Waals surface area (Å²) in [5.74, 6) is 3.43. The van der Waals surface area contributed by atoms with Crippen molar-refractivity contribution in [2.75, 3.05) is 31.8 Å². The minimum absolute atomic E-state index is 0.206. The van der Waals surface area contributed by atoms with E-state index in [1.807, 2.05) is 18.7 Å². The number of hydrogen-bond acceptors (Lipinski definition) is 8. The monoisotopic (exact) mass is 430 g/mol. The van der Waals surface area contributed by atoms with E-state index in [4.69, 9.17) is 9.47 Å². The van der Waals surface area contributed by atoms with E-state index in [-0.39, 0.29) is 5.56 Å². The molecule has 3 heterocycles. The standard InChI is InChI=1S/C20H26N6O3S/c1-13-16(25-12-24-13)11-30-8-4-6-22-20-23-10-14(19(27)26-20)9-15-18(29-3)17(28-2)5-7-21-15/h5,7,10,12H,4,6,8-9,11H2,1-3H3,(H,24,25)(H2,22,23,26,27). The molecule has 160 valence electrons. The van der Waals surface area contributed by atoms with Gasteiger partial charge in [0, 0.05) is 48.4 Å². The van der Waals surface area contributed by atoms with Gasteiger partial charge in [-0.05, 0) is 19.1 Å². The Morgan fingerprint density at radius 1 is 1.17 bits per heavy atom. The molecule has 0 atom stereocenters. The Hall–Kier alpha value is -3.01. The molecule has 0 saturated heterocycles. The molecule has 0 aliphatic heterocycles. The Morgan fingerprint density at radius 2 is 2.03 bits per heavy atom. The quantitative estimate of drug-likeness (QED) is 0.397. The van der Waals surface area contributed by atoms with Crippen LogP contribution in [0, 0.1) is 6.92 Å². The van der Waals surface area contributed by atoms with Crippen LogP contribution in [-0.4, -0.2) is 51.4 Å². The highest BCUT2D eigenvalue weighted by Crippen LogP contribution is 2.29. The van der Waals surface area contributed by atoms with Crippen LogP contribution in [0.15, 0.2) is 29.6 Å². The molecule has 0 bridgehead atoms. The number of thioether (sulfide) groups is 1. The number of nitrogens with one attached hydrogen (secondary N) is 3. The lowest BCUT2D eigenvalue weighted by atomic mass is 10.1. The Balaban J connectivity index is 1.49. The van der Waals surface area contributed by atoms with Crippen LogP contribution >= 0.6 is 11.8 Å². The van der Waals surface area contributed by atoms with Gasteiger partial charge in [-0.15, -0.1) is 0 Å². The summed E-state index contributed by atoms with van der Waals surface area (Å²) in [6.45, 7) is 2.75. The highest BCUT2D eigenvalue weighted by atomic mass is 32.2. The SMILES string of the molecule is COc1ccnc(Cc2cnc(NCCCSCc3nc[nH]c3C)[nH]c2=O)c1OC. The molecule has 0 amide bonds. The molecule has 10 heteroatoms. The molecule has 0 fully saturated rings. The summed E-state index contributed by atoms with van der Waals surface area (Å²) >= 11 is 1.83. The summed E-state index contributed by atoms with van der Waals surface area (Å²) in [7, 11) is 3.11. The molecule has 3 aromatic heterocycles. The number of H-pyrrole nitrogens is 2. The van der Waals surface area contributed by atoms with Crippen molar-refractivity contribution in [1.82, 2.24) is 24.9 Å². The molecule has 3 rings (SSSR count). The maximum atomic E-state index is 12.4. The zero-order valence-corrected chi connectivity index (χ0v) is 18.1. The zero-order chi connectivity index (χ0) is 21.3. The van der Waals surface area contributed by atoms with Crippen LogP contribution in [0.5, 0.6) is 11.5 Å². The summed E-state index contributed by atoms with van der Waals surface area (Å²) in [6, 6.07) is 1.71. The Labute approximate surface area is 179 Å². The Kier molecular flexibility index (Phi) is 7.72. The summed E-state index contributed by atoms with van der Waals surface area (Å²) in [4.78, 5) is 31.2. The Bertz CT molecular complexity index is 1020. The van der Waals surface area contributed by atoms with Crippen molar-refractivity contribution < 1.29 is 9.47 Å². The van der Waals surface area contributed by atoms with Gasteiger partial charge in [0.05, 0.1) is 31.9 Å². The number of pyridine rings is 1. The van der Waals surface area contributed by atoms with Crippen molar-refractivity contribution in [3.63, 3.8) is 0 Å². The topological polar surface area (TPSA) is 118 Å². The van der Waals surface area contributed by atoms with Crippen molar-refractivity contribution in [3.8, 4) is 11.5 Å². The van der Waals surface area contributed by atoms with Crippen LogP contribution in [-0.2, 0) is 12.2 Å². The highest BCUT2D eigenvalue weighted by Gasteiger charge is 2.14. The van der Waals surface area contributed by atoms with Crippen LogP contribution < -0.4 is 20.3 Å². The van der Waals surface area contributed by atoms with Gasteiger partial charge in [-0.1, -0.05) is 0 Å². The average molecular weight is 431 g/mol. The van der Waals surface area contributed by atoms with E-state index in [1.54, 1.807) is 39.0 Å². The number of nitrogens with zero attached hydrogens (tertiary/aromatic N) is 3. The van der Waals surface area contributed by atoms with Gasteiger partial charge in [0.15, 0.2) is 11.5 Å². The van der Waals surface area contributed by atoms with Gasteiger partial charge in [0.25, 0.3) is 5.56 Å². The van der Waals surface area contributed by atoms with Gasteiger partial charge in [0.2, 0.25) is 5.95 Å². The molecule has 9 nitrogen and oxygen atoms in total. The minimum Gasteiger partial charge on any atom is -0.493 e. The average Bonchev–Trinajstić information content (AvgIpc) is 3.16. The fourth-order valence-corrected chi connectivity index (χ4v) is 3.85. The van der Waals surface area contributed by atoms with E-state index < -0.39 is 0 Å². The molecule has 0 aliphatic rings. The number of anilines is 1. The third-order valence-electron chi connectivity index (χ3n) is 4.53. The predicted molar refractivity (Wildman–Crippen MR) is 118 cm³/mol. The van der Waals surface area contributed by atoms with Crippen molar-refractivity contribution in [2.45, 2.75) is 25.5 Å². The lowest BCUT2D eigenvalue weighted by Gasteiger charge is -2.11. The van der Waals surface area contributed by atoms with Crippen molar-refractivity contribution in [2.24, 2.45) is 0 Å². The predicted octanol–water partition coefficient (Wildman–Crippen LogP) is 2.54. The second kappa shape index (κ2) is 10.7. The van der Waals surface area contributed by atoms with Crippen LogP contribution in [0.2, 0.25) is 0 Å². The fraction of sp³-hybridized carbons (Fsp3) is 0.400. The molecule has 0 unspecified atom stereocenters. The van der Waals surface area contributed by atoms with E-state index >= 15 is 0 Å². The van der Waals surface area contributed by atoms with Crippen molar-refractivity contribution in [3.05, 3.63) is 57.8 Å². The number of aryl methyl sites for hydroxylation is 1. The van der Waals surface area contributed by atoms with Gasteiger partial charge < -0.3 is 19.8 Å². The van der Waals surface area contributed by atoms with Crippen LogP contribution in [0.1, 0.15) is 29.1 Å². The molecule has 0 aromatic carbocycles. The summed E-state index contributed by atoms with van der Waals surface area (Å²) < 4.78 is 10.7. The number of aromatic nitrogens is 5. The lowest BCUT2D eigenvalue weighted by molar-refractivity contribution is 0.350. The van der Waals surface area contributed by atoms with Crippen molar-refractivity contribution in [1.29, 1.82) is 0 Å². The minimum atomic E-state index is -0.206. The van der Waals surface area contributed by atoms with Crippen LogP contribution in [0.4, 0.5) is 5.95 Å². The van der Waals surface area contributed by atoms with Gasteiger partial charge >= 0.3 is 0 Å². The lowest BCUT2D eigenvalue weighted by Crippen LogP contribution is -2.18. The first kappa shape index (κ1) is 21.7. The molecule has 3 N–H and O–H groups in total. The number of methoxy groups -OCH3 is 2. The Morgan fingerprint density at radius 3 is 2.73 bits per heavy atom. The van der Waals surface area contributed by atoms with Gasteiger partial charge in [-0.2, -0.15) is 11.8 Å². The molecule has 3 aromatic rings. The maximum Gasteiger partial charge on any atom is 0.255 e. The zero-order valence-electron chi connectivity index (χ0n) is 17.3. The van der Waals surface area contributed by atoms with E-state index in [1.165, 1.54) is 0 Å². The third kappa shape index (κ3) is 5.53. The van der Waals surface area contributed by atoms with E-state index in [0.29, 0.717) is 35.1 Å². The molecule has 0 saturated carbocycles. The molecule has 0 aliphatic carbocycles. The number of hydrogen-bond donors (Lipinski definition) is 3. The smallest absolute Gasteiger partial charge is 0.255 e. The largest absolute Gasteiger partial charge is 0.493 e. The molecule has 30 heavy (non-hydrogen) atoms. The molecular weight excluding hydrogens is 404 g/mol. The molecule has 0 radical (unpaired) electrons. The summed E-state index contributed by atoms with van der Waals surface area (Å²) in [6.07, 6.45) is 6.16. The van der Waals surface area contributed by atoms with Gasteiger partial charge in [-0.3, -0.25) is 14.8 Å². The fourth-order valence-electron chi connectivity index (χ4n) is 2.88. The first-order valence-corrected chi connectivity index (χ1v) is 10.7. The second-order valence-corrected chi connectivity index (χ2v) is 7.67. The van der Waals surface area contributed by atoms with E-state index in [0.717, 1.165) is 35.9 Å². The van der Waals surface area contributed by atoms with Crippen molar-refractivity contribution >= 4 is 17.7 Å². The summed E-state index contributed by atoms with van der Waals surface area (Å²) in [5, 5.41) is 3.16. The number of imidazole rings is 1. The van der Waals surface area contributed by atoms with Gasteiger partial charge in [-0.25, -0.2) is 9.97 Å². The number of ether oxygens (including phenoxy) is 2. The number of aromatic amines is 2. The van der Waals surface area contributed by atoms with E-state index in [2.05, 4.69) is 30.2 Å². The molecular formula is C20H26N6O3S. The van der Waals surface area contributed by atoms with Crippen LogP contribution in [0.3, 0.4) is 0 Å². The second-order valence-electron chi connectivity index (χ2n) is 6.56. The number of rotatable bonds is 11. The van der Waals surface area contributed by atoms with Crippen LogP contribution in [0.25, 0.3) is 0 Å². The van der Waals surface area contributed by atoms with E-state index in [9.17, 15) is 4.79 Å². The third-order valence-corrected chi connectivity index (χ3v) is 5.58. The maximum absolute atomic E-state index is 12.4. The molecule has 0 spiro atoms. The first-order valence-electron chi connectivity index (χ1n) is 9.57. The first-order chi connectivity index (χ1) is 14.6. The normalized spacial score (nSPS) is 10.8.